The fraction of sp³-hybridized carbons (Fsp3) is 0.933. The van der Waals surface area contributed by atoms with Crippen LogP contribution in [0.3, 0.4) is 0 Å². The van der Waals surface area contributed by atoms with Crippen LogP contribution in [0.4, 0.5) is 4.79 Å². The van der Waals surface area contributed by atoms with Gasteiger partial charge in [0.2, 0.25) is 0 Å². The maximum absolute atomic E-state index is 12.2. The number of ether oxygens (including phenoxy) is 1. The van der Waals surface area contributed by atoms with Crippen LogP contribution >= 0.6 is 0 Å². The molecule has 0 radical (unpaired) electrons. The van der Waals surface area contributed by atoms with Crippen molar-refractivity contribution >= 4 is 6.03 Å². The highest BCUT2D eigenvalue weighted by atomic mass is 16.5. The number of carbonyl (C=O) groups excluding carboxylic acids is 1. The Morgan fingerprint density at radius 1 is 1.15 bits per heavy atom. The highest BCUT2D eigenvalue weighted by Gasteiger charge is 2.23. The van der Waals surface area contributed by atoms with Crippen molar-refractivity contribution in [2.75, 3.05) is 46.4 Å². The number of amides is 2. The minimum atomic E-state index is 0.147. The summed E-state index contributed by atoms with van der Waals surface area (Å²) in [4.78, 5) is 16.6. The van der Waals surface area contributed by atoms with Crippen molar-refractivity contribution in [1.29, 1.82) is 0 Å². The summed E-state index contributed by atoms with van der Waals surface area (Å²) in [7, 11) is 1.74. The van der Waals surface area contributed by atoms with Crippen molar-refractivity contribution in [3.63, 3.8) is 0 Å². The summed E-state index contributed by atoms with van der Waals surface area (Å²) in [5.74, 6) is 0. The zero-order chi connectivity index (χ0) is 14.2. The largest absolute Gasteiger partial charge is 0.385 e. The van der Waals surface area contributed by atoms with Crippen molar-refractivity contribution in [1.82, 2.24) is 15.1 Å². The molecule has 5 nitrogen and oxygen atoms in total. The second-order valence-corrected chi connectivity index (χ2v) is 5.96. The Bertz CT molecular complexity index is 285. The molecule has 2 amide bonds. The minimum Gasteiger partial charge on any atom is -0.385 e. The molecule has 0 aromatic carbocycles. The van der Waals surface area contributed by atoms with E-state index in [1.54, 1.807) is 7.11 Å². The first-order valence-electron chi connectivity index (χ1n) is 8.06. The van der Waals surface area contributed by atoms with E-state index in [9.17, 15) is 4.79 Å². The number of hydrogen-bond acceptors (Lipinski definition) is 3. The van der Waals surface area contributed by atoms with E-state index >= 15 is 0 Å². The van der Waals surface area contributed by atoms with Crippen molar-refractivity contribution in [3.8, 4) is 0 Å². The molecule has 0 aromatic heterocycles. The second-order valence-electron chi connectivity index (χ2n) is 5.96. The SMILES string of the molecule is COCCCN1CCN(C(=O)NC2CCCCC2)CC1. The van der Waals surface area contributed by atoms with Gasteiger partial charge >= 0.3 is 6.03 Å². The topological polar surface area (TPSA) is 44.8 Å². The molecule has 0 unspecified atom stereocenters. The zero-order valence-electron chi connectivity index (χ0n) is 12.8. The van der Waals surface area contributed by atoms with Gasteiger partial charge in [-0.2, -0.15) is 0 Å². The van der Waals surface area contributed by atoms with Gasteiger partial charge in [0.1, 0.15) is 0 Å². The number of piperazine rings is 1. The molecule has 2 fully saturated rings. The number of methoxy groups -OCH3 is 1. The van der Waals surface area contributed by atoms with E-state index in [0.29, 0.717) is 6.04 Å². The number of urea groups is 1. The zero-order valence-corrected chi connectivity index (χ0v) is 12.8. The van der Waals surface area contributed by atoms with Gasteiger partial charge in [-0.15, -0.1) is 0 Å². The highest BCUT2D eigenvalue weighted by Crippen LogP contribution is 2.17. The molecule has 0 bridgehead atoms. The predicted molar refractivity (Wildman–Crippen MR) is 79.9 cm³/mol. The quantitative estimate of drug-likeness (QED) is 0.781. The molecule has 116 valence electrons. The van der Waals surface area contributed by atoms with Gasteiger partial charge in [-0.25, -0.2) is 4.79 Å². The Morgan fingerprint density at radius 2 is 1.85 bits per heavy atom. The molecular formula is C15H29N3O2. The van der Waals surface area contributed by atoms with Crippen LogP contribution in [0.5, 0.6) is 0 Å². The Kier molecular flexibility index (Phi) is 6.60. The van der Waals surface area contributed by atoms with E-state index in [2.05, 4.69) is 10.2 Å². The normalized spacial score (nSPS) is 21.9. The van der Waals surface area contributed by atoms with E-state index in [1.165, 1.54) is 19.3 Å². The summed E-state index contributed by atoms with van der Waals surface area (Å²) in [6.45, 7) is 5.58. The van der Waals surface area contributed by atoms with E-state index < -0.39 is 0 Å². The molecular weight excluding hydrogens is 254 g/mol. The molecule has 1 saturated heterocycles. The predicted octanol–water partition coefficient (Wildman–Crippen LogP) is 1.68. The average Bonchev–Trinajstić information content (AvgIpc) is 2.49. The van der Waals surface area contributed by atoms with Crippen LogP contribution in [0.25, 0.3) is 0 Å². The average molecular weight is 283 g/mol. The lowest BCUT2D eigenvalue weighted by Crippen LogP contribution is -2.53. The smallest absolute Gasteiger partial charge is 0.317 e. The first-order valence-corrected chi connectivity index (χ1v) is 8.06. The van der Waals surface area contributed by atoms with E-state index in [0.717, 1.165) is 58.6 Å². The molecule has 1 heterocycles. The summed E-state index contributed by atoms with van der Waals surface area (Å²) in [6, 6.07) is 0.560. The van der Waals surface area contributed by atoms with Crippen molar-refractivity contribution in [2.24, 2.45) is 0 Å². The number of nitrogens with one attached hydrogen (secondary N) is 1. The number of rotatable bonds is 5. The molecule has 2 rings (SSSR count). The summed E-state index contributed by atoms with van der Waals surface area (Å²) >= 11 is 0. The molecule has 1 saturated carbocycles. The maximum atomic E-state index is 12.2. The van der Waals surface area contributed by atoms with Gasteiger partial charge in [-0.05, 0) is 19.3 Å². The summed E-state index contributed by atoms with van der Waals surface area (Å²) in [5, 5.41) is 3.20. The third-order valence-corrected chi connectivity index (χ3v) is 4.42. The number of nitrogens with zero attached hydrogens (tertiary/aromatic N) is 2. The van der Waals surface area contributed by atoms with Gasteiger partial charge in [0.25, 0.3) is 0 Å². The minimum absolute atomic E-state index is 0.147. The molecule has 2 aliphatic rings. The van der Waals surface area contributed by atoms with Crippen LogP contribution in [0, 0.1) is 0 Å². The van der Waals surface area contributed by atoms with Gasteiger partial charge in [-0.3, -0.25) is 4.90 Å². The Hall–Kier alpha value is -0.810. The standard InChI is InChI=1S/C15H29N3O2/c1-20-13-5-8-17-9-11-18(12-10-17)15(19)16-14-6-3-2-4-7-14/h14H,2-13H2,1H3,(H,16,19). The first-order chi connectivity index (χ1) is 9.79. The molecule has 1 aliphatic heterocycles. The van der Waals surface area contributed by atoms with Crippen molar-refractivity contribution < 1.29 is 9.53 Å². The molecule has 1 aliphatic carbocycles. The lowest BCUT2D eigenvalue weighted by molar-refractivity contribution is 0.122. The third-order valence-electron chi connectivity index (χ3n) is 4.42. The van der Waals surface area contributed by atoms with Gasteiger partial charge in [0, 0.05) is 52.5 Å². The Morgan fingerprint density at radius 3 is 2.50 bits per heavy atom. The van der Waals surface area contributed by atoms with Gasteiger partial charge in [0.15, 0.2) is 0 Å². The van der Waals surface area contributed by atoms with E-state index in [4.69, 9.17) is 4.74 Å². The van der Waals surface area contributed by atoms with Crippen LogP contribution in [0.1, 0.15) is 38.5 Å². The van der Waals surface area contributed by atoms with Gasteiger partial charge < -0.3 is 15.0 Å². The highest BCUT2D eigenvalue weighted by molar-refractivity contribution is 5.74. The lowest BCUT2D eigenvalue weighted by Gasteiger charge is -2.36. The number of carbonyl (C=O) groups is 1. The van der Waals surface area contributed by atoms with E-state index in [1.807, 2.05) is 4.90 Å². The fourth-order valence-electron chi connectivity index (χ4n) is 3.12. The van der Waals surface area contributed by atoms with Crippen LogP contribution in [0.2, 0.25) is 0 Å². The van der Waals surface area contributed by atoms with Crippen LogP contribution in [-0.4, -0.2) is 68.3 Å². The van der Waals surface area contributed by atoms with Gasteiger partial charge in [-0.1, -0.05) is 19.3 Å². The lowest BCUT2D eigenvalue weighted by atomic mass is 9.96. The first kappa shape index (κ1) is 15.6. The van der Waals surface area contributed by atoms with Crippen molar-refractivity contribution in [3.05, 3.63) is 0 Å². The van der Waals surface area contributed by atoms with Crippen LogP contribution in [0.15, 0.2) is 0 Å². The van der Waals surface area contributed by atoms with Crippen molar-refractivity contribution in [2.45, 2.75) is 44.6 Å². The Balaban J connectivity index is 1.63. The molecule has 0 aromatic rings. The third kappa shape index (κ3) is 4.94. The maximum Gasteiger partial charge on any atom is 0.317 e. The summed E-state index contributed by atoms with van der Waals surface area (Å²) in [5.41, 5.74) is 0. The van der Waals surface area contributed by atoms with Gasteiger partial charge in [0.05, 0.1) is 0 Å². The van der Waals surface area contributed by atoms with Crippen LogP contribution < -0.4 is 5.32 Å². The Labute approximate surface area is 122 Å². The summed E-state index contributed by atoms with van der Waals surface area (Å²) < 4.78 is 5.08. The molecule has 20 heavy (non-hydrogen) atoms. The summed E-state index contributed by atoms with van der Waals surface area (Å²) in [6.07, 6.45) is 7.24. The molecule has 0 spiro atoms. The second kappa shape index (κ2) is 8.47. The van der Waals surface area contributed by atoms with E-state index in [-0.39, 0.29) is 6.03 Å². The molecule has 0 atom stereocenters. The molecule has 1 N–H and O–H groups in total. The van der Waals surface area contributed by atoms with Crippen LogP contribution in [-0.2, 0) is 4.74 Å². The monoisotopic (exact) mass is 283 g/mol. The molecule has 5 heteroatoms. The number of hydrogen-bond donors (Lipinski definition) is 1. The fourth-order valence-corrected chi connectivity index (χ4v) is 3.12.